The number of rotatable bonds is 8. The minimum Gasteiger partial charge on any atom is -0.504 e. The highest BCUT2D eigenvalue weighted by molar-refractivity contribution is 8.26. The van der Waals surface area contributed by atoms with Crippen molar-refractivity contribution in [3.8, 4) is 11.5 Å². The van der Waals surface area contributed by atoms with Crippen LogP contribution in [0.3, 0.4) is 0 Å². The summed E-state index contributed by atoms with van der Waals surface area (Å²) in [6.45, 7) is 2.30. The summed E-state index contributed by atoms with van der Waals surface area (Å²) in [5, 5.41) is 12.1. The van der Waals surface area contributed by atoms with Gasteiger partial charge in [-0.1, -0.05) is 42.2 Å². The number of aromatic hydroxyl groups is 1. The Morgan fingerprint density at radius 1 is 1.26 bits per heavy atom. The number of hydrogen-bond acceptors (Lipinski definition) is 6. The molecule has 1 fully saturated rings. The molecule has 0 unspecified atom stereocenters. The largest absolute Gasteiger partial charge is 0.504 e. The number of alkyl halides is 3. The highest BCUT2D eigenvalue weighted by Gasteiger charge is 2.34. The van der Waals surface area contributed by atoms with Crippen molar-refractivity contribution in [3.05, 3.63) is 58.5 Å². The fraction of sp³-hybridized carbons (Fsp3) is 0.261. The first kappa shape index (κ1) is 25.6. The average molecular weight is 511 g/mol. The van der Waals surface area contributed by atoms with Crippen molar-refractivity contribution in [1.29, 1.82) is 0 Å². The van der Waals surface area contributed by atoms with E-state index >= 15 is 0 Å². The SMILES string of the molecule is CCOc1cc(/C=C2\SC(=S)N(CCCC(=O)Nc3ccccc3C(F)(F)F)C2=O)ccc1O. The highest BCUT2D eigenvalue weighted by Crippen LogP contribution is 2.36. The Kier molecular flexibility index (Phi) is 8.21. The number of nitrogens with one attached hydrogen (secondary N) is 1. The number of nitrogens with zero attached hydrogens (tertiary/aromatic N) is 1. The van der Waals surface area contributed by atoms with Gasteiger partial charge in [-0.2, -0.15) is 13.2 Å². The molecule has 2 aromatic carbocycles. The van der Waals surface area contributed by atoms with Crippen molar-refractivity contribution < 1.29 is 32.6 Å². The van der Waals surface area contributed by atoms with Gasteiger partial charge in [0.2, 0.25) is 5.91 Å². The molecule has 1 aliphatic rings. The van der Waals surface area contributed by atoms with Crippen LogP contribution < -0.4 is 10.1 Å². The van der Waals surface area contributed by atoms with E-state index in [1.54, 1.807) is 25.1 Å². The number of phenols is 1. The molecule has 2 amide bonds. The van der Waals surface area contributed by atoms with Gasteiger partial charge in [-0.25, -0.2) is 0 Å². The predicted molar refractivity (Wildman–Crippen MR) is 128 cm³/mol. The molecular formula is C23H21F3N2O4S2. The van der Waals surface area contributed by atoms with E-state index in [1.165, 1.54) is 29.2 Å². The lowest BCUT2D eigenvalue weighted by Gasteiger charge is -2.15. The van der Waals surface area contributed by atoms with Crippen LogP contribution in [-0.4, -0.2) is 39.3 Å². The number of thioether (sulfide) groups is 1. The first-order valence-electron chi connectivity index (χ1n) is 10.3. The van der Waals surface area contributed by atoms with Crippen molar-refractivity contribution in [3.63, 3.8) is 0 Å². The van der Waals surface area contributed by atoms with Crippen LogP contribution in [0, 0.1) is 0 Å². The van der Waals surface area contributed by atoms with Crippen LogP contribution in [0.4, 0.5) is 18.9 Å². The fourth-order valence-corrected chi connectivity index (χ4v) is 4.49. The first-order chi connectivity index (χ1) is 16.1. The summed E-state index contributed by atoms with van der Waals surface area (Å²) < 4.78 is 44.9. The number of benzene rings is 2. The Morgan fingerprint density at radius 3 is 2.71 bits per heavy atom. The van der Waals surface area contributed by atoms with Gasteiger partial charge in [0.15, 0.2) is 11.5 Å². The maximum atomic E-state index is 13.1. The molecule has 2 N–H and O–H groups in total. The van der Waals surface area contributed by atoms with Crippen LogP contribution in [0.2, 0.25) is 0 Å². The zero-order valence-electron chi connectivity index (χ0n) is 18.0. The number of phenolic OH excluding ortho intramolecular Hbond substituents is 1. The molecule has 0 aliphatic carbocycles. The van der Waals surface area contributed by atoms with E-state index in [9.17, 15) is 27.9 Å². The number of carbonyl (C=O) groups excluding carboxylic acids is 2. The smallest absolute Gasteiger partial charge is 0.418 e. The van der Waals surface area contributed by atoms with E-state index in [1.807, 2.05) is 0 Å². The molecule has 0 bridgehead atoms. The molecule has 180 valence electrons. The van der Waals surface area contributed by atoms with Crippen molar-refractivity contribution in [1.82, 2.24) is 4.90 Å². The minimum atomic E-state index is -4.58. The molecular weight excluding hydrogens is 489 g/mol. The van der Waals surface area contributed by atoms with Gasteiger partial charge in [-0.3, -0.25) is 14.5 Å². The highest BCUT2D eigenvalue weighted by atomic mass is 32.2. The second-order valence-electron chi connectivity index (χ2n) is 7.19. The zero-order chi connectivity index (χ0) is 24.9. The molecule has 2 aromatic rings. The Bertz CT molecular complexity index is 1140. The summed E-state index contributed by atoms with van der Waals surface area (Å²) >= 11 is 6.38. The Morgan fingerprint density at radius 2 is 2.00 bits per heavy atom. The summed E-state index contributed by atoms with van der Waals surface area (Å²) in [5.74, 6) is -0.637. The van der Waals surface area contributed by atoms with Crippen molar-refractivity contribution >= 4 is 51.9 Å². The van der Waals surface area contributed by atoms with E-state index in [0.29, 0.717) is 27.1 Å². The van der Waals surface area contributed by atoms with Gasteiger partial charge in [-0.05, 0) is 49.2 Å². The molecule has 0 radical (unpaired) electrons. The lowest BCUT2D eigenvalue weighted by molar-refractivity contribution is -0.137. The van der Waals surface area contributed by atoms with Crippen LogP contribution in [0.25, 0.3) is 6.08 Å². The maximum Gasteiger partial charge on any atom is 0.418 e. The molecule has 11 heteroatoms. The second kappa shape index (κ2) is 10.9. The molecule has 3 rings (SSSR count). The van der Waals surface area contributed by atoms with Crippen molar-refractivity contribution in [2.75, 3.05) is 18.5 Å². The molecule has 0 spiro atoms. The van der Waals surface area contributed by atoms with Crippen LogP contribution in [0.15, 0.2) is 47.4 Å². The lowest BCUT2D eigenvalue weighted by atomic mass is 10.1. The molecule has 1 heterocycles. The molecule has 0 saturated carbocycles. The molecule has 6 nitrogen and oxygen atoms in total. The Labute approximate surface area is 203 Å². The summed E-state index contributed by atoms with van der Waals surface area (Å²) in [6, 6.07) is 9.44. The van der Waals surface area contributed by atoms with E-state index in [4.69, 9.17) is 17.0 Å². The van der Waals surface area contributed by atoms with Crippen molar-refractivity contribution in [2.24, 2.45) is 0 Å². The Balaban J connectivity index is 1.59. The standard InChI is InChI=1S/C23H21F3N2O4S2/c1-2-32-18-12-14(9-10-17(18)29)13-19-21(31)28(22(33)34-19)11-5-8-20(30)27-16-7-4-3-6-15(16)23(24,25)26/h3-4,6-7,9-10,12-13,29H,2,5,8,11H2,1H3,(H,27,30)/b19-13-. The number of ether oxygens (including phenoxy) is 1. The third-order valence-corrected chi connectivity index (χ3v) is 6.12. The van der Waals surface area contributed by atoms with E-state index in [0.717, 1.165) is 17.8 Å². The summed E-state index contributed by atoms with van der Waals surface area (Å²) in [6.07, 6.45) is -2.83. The van der Waals surface area contributed by atoms with Gasteiger partial charge < -0.3 is 15.2 Å². The molecule has 34 heavy (non-hydrogen) atoms. The molecule has 0 aromatic heterocycles. The Hall–Kier alpha value is -3.05. The second-order valence-corrected chi connectivity index (χ2v) is 8.86. The minimum absolute atomic E-state index is 0.0114. The summed E-state index contributed by atoms with van der Waals surface area (Å²) in [7, 11) is 0. The van der Waals surface area contributed by atoms with Gasteiger partial charge in [0, 0.05) is 13.0 Å². The van der Waals surface area contributed by atoms with Gasteiger partial charge in [0.25, 0.3) is 5.91 Å². The molecule has 1 saturated heterocycles. The van der Waals surface area contributed by atoms with E-state index < -0.39 is 17.6 Å². The van der Waals surface area contributed by atoms with Crippen LogP contribution in [0.5, 0.6) is 11.5 Å². The first-order valence-corrected chi connectivity index (χ1v) is 11.5. The topological polar surface area (TPSA) is 78.9 Å². The number of anilines is 1. The normalized spacial score (nSPS) is 15.2. The fourth-order valence-electron chi connectivity index (χ4n) is 3.19. The number of para-hydroxylation sites is 1. The summed E-state index contributed by atoms with van der Waals surface area (Å²) in [4.78, 5) is 26.7. The van der Waals surface area contributed by atoms with Gasteiger partial charge >= 0.3 is 6.18 Å². The zero-order valence-corrected chi connectivity index (χ0v) is 19.6. The average Bonchev–Trinajstić information content (AvgIpc) is 3.03. The third kappa shape index (κ3) is 6.29. The number of halogens is 3. The van der Waals surface area contributed by atoms with Gasteiger partial charge in [0.1, 0.15) is 4.32 Å². The predicted octanol–water partition coefficient (Wildman–Crippen LogP) is 5.43. The van der Waals surface area contributed by atoms with Crippen LogP contribution in [0.1, 0.15) is 30.9 Å². The number of carbonyl (C=O) groups is 2. The van der Waals surface area contributed by atoms with Gasteiger partial charge in [0.05, 0.1) is 22.8 Å². The summed E-state index contributed by atoms with van der Waals surface area (Å²) in [5.41, 5.74) is -0.592. The number of thiocarbonyl (C=S) groups is 1. The number of hydrogen-bond donors (Lipinski definition) is 2. The van der Waals surface area contributed by atoms with Crippen LogP contribution >= 0.6 is 24.0 Å². The van der Waals surface area contributed by atoms with Gasteiger partial charge in [-0.15, -0.1) is 0 Å². The molecule has 1 aliphatic heterocycles. The number of amides is 2. The molecule has 0 atom stereocenters. The van der Waals surface area contributed by atoms with Crippen molar-refractivity contribution in [2.45, 2.75) is 25.9 Å². The van der Waals surface area contributed by atoms with E-state index in [-0.39, 0.29) is 36.7 Å². The maximum absolute atomic E-state index is 13.1. The van der Waals surface area contributed by atoms with E-state index in [2.05, 4.69) is 5.32 Å². The van der Waals surface area contributed by atoms with Crippen LogP contribution in [-0.2, 0) is 15.8 Å². The monoisotopic (exact) mass is 510 g/mol. The lowest BCUT2D eigenvalue weighted by Crippen LogP contribution is -2.29. The third-order valence-electron chi connectivity index (χ3n) is 4.75. The quantitative estimate of drug-likeness (QED) is 0.364.